The highest BCUT2D eigenvalue weighted by atomic mass is 35.5. The van der Waals surface area contributed by atoms with Crippen molar-refractivity contribution in [3.8, 4) is 22.8 Å². The van der Waals surface area contributed by atoms with E-state index in [1.54, 1.807) is 25.5 Å². The van der Waals surface area contributed by atoms with Gasteiger partial charge in [-0.25, -0.2) is 5.43 Å². The number of ether oxygens (including phenoxy) is 1. The van der Waals surface area contributed by atoms with Crippen LogP contribution in [0.4, 0.5) is 0 Å². The Morgan fingerprint density at radius 1 is 1.03 bits per heavy atom. The monoisotopic (exact) mass is 533 g/mol. The summed E-state index contributed by atoms with van der Waals surface area (Å²) in [6.45, 7) is 6.51. The molecule has 190 valence electrons. The van der Waals surface area contributed by atoms with Gasteiger partial charge >= 0.3 is 0 Å². The van der Waals surface area contributed by atoms with E-state index < -0.39 is 0 Å². The van der Waals surface area contributed by atoms with Crippen LogP contribution < -0.4 is 10.2 Å². The van der Waals surface area contributed by atoms with Crippen LogP contribution in [0.5, 0.6) is 5.75 Å². The molecule has 0 aliphatic carbocycles. The van der Waals surface area contributed by atoms with Gasteiger partial charge in [0, 0.05) is 16.3 Å². The van der Waals surface area contributed by atoms with Crippen molar-refractivity contribution in [2.75, 3.05) is 12.9 Å². The number of hydrogen-bond acceptors (Lipinski definition) is 6. The molecule has 37 heavy (non-hydrogen) atoms. The van der Waals surface area contributed by atoms with Crippen LogP contribution in [0.2, 0.25) is 5.02 Å². The van der Waals surface area contributed by atoms with E-state index >= 15 is 0 Å². The lowest BCUT2D eigenvalue weighted by molar-refractivity contribution is -0.118. The van der Waals surface area contributed by atoms with Gasteiger partial charge in [0.05, 0.1) is 19.1 Å². The quantitative estimate of drug-likeness (QED) is 0.167. The molecule has 0 aliphatic heterocycles. The Morgan fingerprint density at radius 3 is 2.32 bits per heavy atom. The van der Waals surface area contributed by atoms with Crippen LogP contribution in [0.15, 0.2) is 83.1 Å². The Morgan fingerprint density at radius 2 is 1.70 bits per heavy atom. The predicted octanol–water partition coefficient (Wildman–Crippen LogP) is 6.14. The molecule has 4 rings (SSSR count). The summed E-state index contributed by atoms with van der Waals surface area (Å²) in [4.78, 5) is 12.5. The second-order valence-electron chi connectivity index (χ2n) is 9.30. The van der Waals surface area contributed by atoms with E-state index in [-0.39, 0.29) is 17.1 Å². The lowest BCUT2D eigenvalue weighted by atomic mass is 9.87. The number of benzene rings is 3. The second kappa shape index (κ2) is 11.6. The molecule has 1 amide bonds. The number of methoxy groups -OCH3 is 1. The smallest absolute Gasteiger partial charge is 0.250 e. The summed E-state index contributed by atoms with van der Waals surface area (Å²) in [6, 6.07) is 23.1. The summed E-state index contributed by atoms with van der Waals surface area (Å²) in [5, 5.41) is 14.1. The number of carbonyl (C=O) groups excluding carboxylic acids is 1. The van der Waals surface area contributed by atoms with E-state index in [1.807, 2.05) is 53.1 Å². The lowest BCUT2D eigenvalue weighted by Crippen LogP contribution is -2.20. The zero-order chi connectivity index (χ0) is 26.4. The third kappa shape index (κ3) is 6.78. The fourth-order valence-corrected chi connectivity index (χ4v) is 4.39. The number of carbonyl (C=O) groups is 1. The molecule has 0 atom stereocenters. The molecule has 0 aliphatic rings. The summed E-state index contributed by atoms with van der Waals surface area (Å²) in [5.74, 6) is 1.27. The number of rotatable bonds is 8. The Balaban J connectivity index is 1.46. The lowest BCUT2D eigenvalue weighted by Gasteiger charge is -2.18. The Kier molecular flexibility index (Phi) is 8.31. The number of halogens is 1. The van der Waals surface area contributed by atoms with E-state index in [9.17, 15) is 4.79 Å². The number of amides is 1. The fraction of sp³-hybridized carbons (Fsp3) is 0.214. The highest BCUT2D eigenvalue weighted by Gasteiger charge is 2.18. The summed E-state index contributed by atoms with van der Waals surface area (Å²) >= 11 is 7.37. The van der Waals surface area contributed by atoms with Crippen molar-refractivity contribution in [2.24, 2.45) is 5.10 Å². The Bertz CT molecular complexity index is 1380. The van der Waals surface area contributed by atoms with Crippen molar-refractivity contribution in [2.45, 2.75) is 31.3 Å². The molecule has 1 N–H and O–H groups in total. The van der Waals surface area contributed by atoms with Gasteiger partial charge in [-0.15, -0.1) is 10.2 Å². The van der Waals surface area contributed by atoms with E-state index in [1.165, 1.54) is 17.3 Å². The minimum absolute atomic E-state index is 0.0842. The van der Waals surface area contributed by atoms with Crippen LogP contribution in [0.1, 0.15) is 31.9 Å². The van der Waals surface area contributed by atoms with Crippen LogP contribution in [-0.2, 0) is 10.2 Å². The molecular weight excluding hydrogens is 506 g/mol. The minimum atomic E-state index is -0.246. The van der Waals surface area contributed by atoms with Crippen LogP contribution in [0.25, 0.3) is 17.1 Å². The average Bonchev–Trinajstić information content (AvgIpc) is 3.31. The van der Waals surface area contributed by atoms with Crippen molar-refractivity contribution in [3.63, 3.8) is 0 Å². The normalized spacial score (nSPS) is 11.6. The molecule has 0 spiro atoms. The molecule has 0 radical (unpaired) electrons. The van der Waals surface area contributed by atoms with Crippen molar-refractivity contribution >= 4 is 35.5 Å². The first-order valence-electron chi connectivity index (χ1n) is 11.7. The summed E-state index contributed by atoms with van der Waals surface area (Å²) < 4.78 is 7.16. The maximum atomic E-state index is 12.5. The highest BCUT2D eigenvalue weighted by Crippen LogP contribution is 2.29. The van der Waals surface area contributed by atoms with Gasteiger partial charge in [0.1, 0.15) is 5.75 Å². The molecule has 0 saturated carbocycles. The highest BCUT2D eigenvalue weighted by molar-refractivity contribution is 7.99. The van der Waals surface area contributed by atoms with Gasteiger partial charge in [0.25, 0.3) is 5.91 Å². The number of hydrogen-bond donors (Lipinski definition) is 1. The van der Waals surface area contributed by atoms with Crippen LogP contribution >= 0.6 is 23.4 Å². The van der Waals surface area contributed by atoms with Crippen molar-refractivity contribution in [1.82, 2.24) is 20.2 Å². The van der Waals surface area contributed by atoms with Gasteiger partial charge in [-0.3, -0.25) is 9.36 Å². The molecule has 1 heterocycles. The number of nitrogens with zero attached hydrogens (tertiary/aromatic N) is 4. The maximum absolute atomic E-state index is 12.5. The van der Waals surface area contributed by atoms with E-state index in [2.05, 4.69) is 53.6 Å². The van der Waals surface area contributed by atoms with Gasteiger partial charge < -0.3 is 4.74 Å². The first-order chi connectivity index (χ1) is 17.7. The van der Waals surface area contributed by atoms with Crippen LogP contribution in [0, 0.1) is 0 Å². The number of aromatic nitrogens is 3. The third-order valence-electron chi connectivity index (χ3n) is 5.58. The van der Waals surface area contributed by atoms with Gasteiger partial charge in [0.2, 0.25) is 0 Å². The SMILES string of the molecule is COc1ccc(-c2nnc(SCC(=O)N/N=C/c3ccc(C(C)(C)C)cc3)n2-c2ccc(Cl)cc2)cc1. The Labute approximate surface area is 225 Å². The number of hydrazone groups is 1. The van der Waals surface area contributed by atoms with E-state index in [0.29, 0.717) is 16.0 Å². The number of nitrogens with one attached hydrogen (secondary N) is 1. The first kappa shape index (κ1) is 26.4. The first-order valence-corrected chi connectivity index (χ1v) is 13.0. The molecular formula is C28H28ClN5O2S. The van der Waals surface area contributed by atoms with Crippen LogP contribution in [-0.4, -0.2) is 39.7 Å². The summed E-state index contributed by atoms with van der Waals surface area (Å²) in [7, 11) is 1.62. The molecule has 0 bridgehead atoms. The molecule has 0 unspecified atom stereocenters. The molecule has 7 nitrogen and oxygen atoms in total. The molecule has 0 fully saturated rings. The van der Waals surface area contributed by atoms with Gasteiger partial charge in [-0.05, 0) is 65.1 Å². The van der Waals surface area contributed by atoms with Crippen molar-refractivity contribution in [3.05, 3.63) is 88.9 Å². The van der Waals surface area contributed by atoms with Gasteiger partial charge in [-0.2, -0.15) is 5.10 Å². The molecule has 4 aromatic rings. The molecule has 1 aromatic heterocycles. The molecule has 3 aromatic carbocycles. The third-order valence-corrected chi connectivity index (χ3v) is 6.76. The second-order valence-corrected chi connectivity index (χ2v) is 10.7. The fourth-order valence-electron chi connectivity index (χ4n) is 3.52. The van der Waals surface area contributed by atoms with Crippen molar-refractivity contribution in [1.29, 1.82) is 0 Å². The maximum Gasteiger partial charge on any atom is 0.250 e. The topological polar surface area (TPSA) is 81.4 Å². The summed E-state index contributed by atoms with van der Waals surface area (Å²) in [5.41, 5.74) is 6.51. The van der Waals surface area contributed by atoms with E-state index in [0.717, 1.165) is 22.6 Å². The number of thioether (sulfide) groups is 1. The zero-order valence-electron chi connectivity index (χ0n) is 21.1. The van der Waals surface area contributed by atoms with Crippen LogP contribution in [0.3, 0.4) is 0 Å². The predicted molar refractivity (Wildman–Crippen MR) is 150 cm³/mol. The van der Waals surface area contributed by atoms with E-state index in [4.69, 9.17) is 16.3 Å². The Hall–Kier alpha value is -3.62. The van der Waals surface area contributed by atoms with Gasteiger partial charge in [-0.1, -0.05) is 68.4 Å². The van der Waals surface area contributed by atoms with Gasteiger partial charge in [0.15, 0.2) is 11.0 Å². The minimum Gasteiger partial charge on any atom is -0.497 e. The molecule has 0 saturated heterocycles. The standard InChI is InChI=1S/C28H28ClN5O2S/c1-28(2,3)21-9-5-19(6-10-21)17-30-31-25(35)18-37-27-33-32-26(20-7-15-24(36-4)16-8-20)34(27)23-13-11-22(29)12-14-23/h5-17H,18H2,1-4H3,(H,31,35)/b30-17+. The zero-order valence-corrected chi connectivity index (χ0v) is 22.7. The van der Waals surface area contributed by atoms with Crippen molar-refractivity contribution < 1.29 is 9.53 Å². The largest absolute Gasteiger partial charge is 0.497 e. The molecule has 9 heteroatoms. The summed E-state index contributed by atoms with van der Waals surface area (Å²) in [6.07, 6.45) is 1.63. The average molecular weight is 534 g/mol.